The number of nitrogens with zero attached hydrogens (tertiary/aromatic N) is 1. The molecule has 20 heavy (non-hydrogen) atoms. The topological polar surface area (TPSA) is 65.2 Å². The van der Waals surface area contributed by atoms with Crippen LogP contribution in [0.1, 0.15) is 22.0 Å². The molecular weight excluding hydrogens is 274 g/mol. The van der Waals surface area contributed by atoms with Gasteiger partial charge in [-0.1, -0.05) is 0 Å². The number of carbonyl (C=O) groups is 1. The van der Waals surface area contributed by atoms with Gasteiger partial charge in [0.15, 0.2) is 0 Å². The highest BCUT2D eigenvalue weighted by molar-refractivity contribution is 7.07. The Hall–Kier alpha value is -1.92. The molecule has 0 spiro atoms. The van der Waals surface area contributed by atoms with E-state index in [2.05, 4.69) is 26.6 Å². The van der Waals surface area contributed by atoms with Crippen LogP contribution in [0, 0.1) is 0 Å². The van der Waals surface area contributed by atoms with Crippen molar-refractivity contribution in [1.29, 1.82) is 0 Å². The van der Waals surface area contributed by atoms with Gasteiger partial charge >= 0.3 is 0 Å². The number of amides is 1. The number of likely N-dealkylation sites (N-methyl/N-ethyl adjacent to an activating group) is 1. The second-order valence-electron chi connectivity index (χ2n) is 4.69. The SMILES string of the molecule is CN(C)C(CNC(=O)c1ccc(=O)[nH]c1)c1ccsc1. The molecule has 2 aromatic rings. The molecule has 0 bridgehead atoms. The molecule has 2 rings (SSSR count). The summed E-state index contributed by atoms with van der Waals surface area (Å²) in [7, 11) is 3.96. The molecule has 0 saturated carbocycles. The van der Waals surface area contributed by atoms with Gasteiger partial charge in [0.1, 0.15) is 0 Å². The van der Waals surface area contributed by atoms with Crippen molar-refractivity contribution < 1.29 is 4.79 Å². The molecule has 2 aromatic heterocycles. The number of pyridine rings is 1. The van der Waals surface area contributed by atoms with E-state index in [4.69, 9.17) is 0 Å². The lowest BCUT2D eigenvalue weighted by molar-refractivity contribution is 0.0941. The van der Waals surface area contributed by atoms with E-state index in [1.165, 1.54) is 23.9 Å². The smallest absolute Gasteiger partial charge is 0.252 e. The fraction of sp³-hybridized carbons (Fsp3) is 0.286. The molecule has 2 heterocycles. The number of hydrogen-bond donors (Lipinski definition) is 2. The Morgan fingerprint density at radius 3 is 2.75 bits per heavy atom. The molecule has 1 unspecified atom stereocenters. The third-order valence-corrected chi connectivity index (χ3v) is 3.76. The average molecular weight is 291 g/mol. The Morgan fingerprint density at radius 1 is 1.40 bits per heavy atom. The highest BCUT2D eigenvalue weighted by atomic mass is 32.1. The van der Waals surface area contributed by atoms with Crippen LogP contribution in [0.5, 0.6) is 0 Å². The predicted molar refractivity (Wildman–Crippen MR) is 80.1 cm³/mol. The molecular formula is C14H17N3O2S. The minimum absolute atomic E-state index is 0.132. The van der Waals surface area contributed by atoms with Crippen molar-refractivity contribution in [3.8, 4) is 0 Å². The number of nitrogens with one attached hydrogen (secondary N) is 2. The normalized spacial score (nSPS) is 12.3. The first-order chi connectivity index (χ1) is 9.58. The summed E-state index contributed by atoms with van der Waals surface area (Å²) in [4.78, 5) is 27.5. The van der Waals surface area contributed by atoms with Crippen molar-refractivity contribution in [1.82, 2.24) is 15.2 Å². The van der Waals surface area contributed by atoms with Crippen molar-refractivity contribution in [3.05, 3.63) is 56.6 Å². The van der Waals surface area contributed by atoms with E-state index in [0.717, 1.165) is 0 Å². The average Bonchev–Trinajstić information content (AvgIpc) is 2.93. The Balaban J connectivity index is 2.01. The molecule has 2 N–H and O–H groups in total. The molecule has 106 valence electrons. The molecule has 1 amide bonds. The first-order valence-corrected chi connectivity index (χ1v) is 7.17. The van der Waals surface area contributed by atoms with Crippen LogP contribution in [-0.4, -0.2) is 36.4 Å². The van der Waals surface area contributed by atoms with E-state index in [-0.39, 0.29) is 17.5 Å². The van der Waals surface area contributed by atoms with Gasteiger partial charge in [-0.25, -0.2) is 0 Å². The Morgan fingerprint density at radius 2 is 2.20 bits per heavy atom. The van der Waals surface area contributed by atoms with Crippen molar-refractivity contribution in [3.63, 3.8) is 0 Å². The van der Waals surface area contributed by atoms with Crippen molar-refractivity contribution >= 4 is 17.2 Å². The van der Waals surface area contributed by atoms with Gasteiger partial charge in [-0.15, -0.1) is 0 Å². The van der Waals surface area contributed by atoms with Crippen molar-refractivity contribution in [2.24, 2.45) is 0 Å². The van der Waals surface area contributed by atoms with E-state index in [9.17, 15) is 9.59 Å². The zero-order valence-electron chi connectivity index (χ0n) is 11.4. The van der Waals surface area contributed by atoms with E-state index in [1.54, 1.807) is 11.3 Å². The van der Waals surface area contributed by atoms with Gasteiger partial charge in [-0.2, -0.15) is 11.3 Å². The third-order valence-electron chi connectivity index (χ3n) is 3.05. The van der Waals surface area contributed by atoms with Crippen LogP contribution in [-0.2, 0) is 0 Å². The van der Waals surface area contributed by atoms with E-state index >= 15 is 0 Å². The summed E-state index contributed by atoms with van der Waals surface area (Å²) in [5.74, 6) is -0.191. The third kappa shape index (κ3) is 3.55. The van der Waals surface area contributed by atoms with E-state index in [1.807, 2.05) is 19.5 Å². The van der Waals surface area contributed by atoms with E-state index < -0.39 is 0 Å². The lowest BCUT2D eigenvalue weighted by Gasteiger charge is -2.24. The number of aromatic nitrogens is 1. The summed E-state index contributed by atoms with van der Waals surface area (Å²) in [6, 6.07) is 5.05. The van der Waals surface area contributed by atoms with Crippen molar-refractivity contribution in [2.75, 3.05) is 20.6 Å². The molecule has 0 aromatic carbocycles. The summed E-state index contributed by atoms with van der Waals surface area (Å²) in [6.07, 6.45) is 1.42. The molecule has 0 aliphatic carbocycles. The first kappa shape index (κ1) is 14.5. The second-order valence-corrected chi connectivity index (χ2v) is 5.47. The first-order valence-electron chi connectivity index (χ1n) is 6.23. The fourth-order valence-corrected chi connectivity index (χ4v) is 2.61. The number of thiophene rings is 1. The number of H-pyrrole nitrogens is 1. The number of aromatic amines is 1. The fourth-order valence-electron chi connectivity index (χ4n) is 1.91. The summed E-state index contributed by atoms with van der Waals surface area (Å²) < 4.78 is 0. The van der Waals surface area contributed by atoms with E-state index in [0.29, 0.717) is 12.1 Å². The highest BCUT2D eigenvalue weighted by Crippen LogP contribution is 2.20. The van der Waals surface area contributed by atoms with Crippen LogP contribution < -0.4 is 10.9 Å². The standard InChI is InChI=1S/C14H17N3O2S/c1-17(2)12(11-5-6-20-9-11)8-16-14(19)10-3-4-13(18)15-7-10/h3-7,9,12H,8H2,1-2H3,(H,15,18)(H,16,19). The van der Waals surface area contributed by atoms with Gasteiger partial charge in [0, 0.05) is 18.8 Å². The highest BCUT2D eigenvalue weighted by Gasteiger charge is 2.16. The van der Waals surface area contributed by atoms with Crippen LogP contribution in [0.15, 0.2) is 40.0 Å². The number of hydrogen-bond acceptors (Lipinski definition) is 4. The minimum atomic E-state index is -0.217. The van der Waals surface area contributed by atoms with Crippen LogP contribution >= 0.6 is 11.3 Å². The quantitative estimate of drug-likeness (QED) is 0.877. The summed E-state index contributed by atoms with van der Waals surface area (Å²) in [5.41, 5.74) is 1.42. The molecule has 5 nitrogen and oxygen atoms in total. The lowest BCUT2D eigenvalue weighted by Crippen LogP contribution is -2.34. The number of carbonyl (C=O) groups excluding carboxylic acids is 1. The van der Waals surface area contributed by atoms with Gasteiger partial charge in [0.05, 0.1) is 11.6 Å². The second kappa shape index (κ2) is 6.49. The van der Waals surface area contributed by atoms with Crippen LogP contribution in [0.3, 0.4) is 0 Å². The Bertz CT molecular complexity index is 599. The molecule has 0 radical (unpaired) electrons. The lowest BCUT2D eigenvalue weighted by atomic mass is 10.1. The van der Waals surface area contributed by atoms with Gasteiger partial charge in [0.2, 0.25) is 5.56 Å². The molecule has 1 atom stereocenters. The van der Waals surface area contributed by atoms with Gasteiger partial charge in [0.25, 0.3) is 5.91 Å². The maximum Gasteiger partial charge on any atom is 0.252 e. The molecule has 0 aliphatic heterocycles. The zero-order chi connectivity index (χ0) is 14.5. The van der Waals surface area contributed by atoms with Crippen LogP contribution in [0.4, 0.5) is 0 Å². The van der Waals surface area contributed by atoms with Gasteiger partial charge < -0.3 is 15.2 Å². The predicted octanol–water partition coefficient (Wildman–Crippen LogP) is 1.47. The summed E-state index contributed by atoms with van der Waals surface area (Å²) in [6.45, 7) is 0.516. The van der Waals surface area contributed by atoms with Crippen LogP contribution in [0.25, 0.3) is 0 Å². The zero-order valence-corrected chi connectivity index (χ0v) is 12.2. The maximum atomic E-state index is 12.0. The molecule has 0 saturated heterocycles. The Labute approximate surface area is 121 Å². The van der Waals surface area contributed by atoms with Crippen LogP contribution in [0.2, 0.25) is 0 Å². The molecule has 6 heteroatoms. The molecule has 0 aliphatic rings. The van der Waals surface area contributed by atoms with Gasteiger partial charge in [-0.05, 0) is 42.6 Å². The number of rotatable bonds is 5. The summed E-state index contributed by atoms with van der Waals surface area (Å²) in [5, 5.41) is 6.99. The Kier molecular flexibility index (Phi) is 4.70. The van der Waals surface area contributed by atoms with Crippen molar-refractivity contribution in [2.45, 2.75) is 6.04 Å². The summed E-state index contributed by atoms with van der Waals surface area (Å²) >= 11 is 1.64. The minimum Gasteiger partial charge on any atom is -0.350 e. The van der Waals surface area contributed by atoms with Gasteiger partial charge in [-0.3, -0.25) is 9.59 Å². The monoisotopic (exact) mass is 291 g/mol. The maximum absolute atomic E-state index is 12.0. The largest absolute Gasteiger partial charge is 0.350 e. The molecule has 0 fully saturated rings.